The average molecular weight is 349 g/mol. The minimum absolute atomic E-state index is 0.0852. The number of amides is 2. The summed E-state index contributed by atoms with van der Waals surface area (Å²) in [5, 5.41) is 3.59. The van der Waals surface area contributed by atoms with Crippen molar-refractivity contribution < 1.29 is 9.59 Å². The number of carbonyl (C=O) groups excluding carboxylic acids is 2. The molecular formula is C17H14Cl2N2O2. The number of anilines is 2. The zero-order valence-electron chi connectivity index (χ0n) is 12.3. The standard InChI is InChI=1S/C17H14Cl2N2O2/c1-21-15-5-3-2-4-11(15)12(9-16(21)22)17(23)20-10-6-7-13(18)14(19)8-10/h2-8,12H,9H2,1H3,(H,20,23). The molecule has 118 valence electrons. The van der Waals surface area contributed by atoms with Crippen LogP contribution >= 0.6 is 23.2 Å². The van der Waals surface area contributed by atoms with Gasteiger partial charge in [0.1, 0.15) is 0 Å². The van der Waals surface area contributed by atoms with Crippen LogP contribution in [0.2, 0.25) is 10.0 Å². The van der Waals surface area contributed by atoms with E-state index < -0.39 is 5.92 Å². The number of benzene rings is 2. The van der Waals surface area contributed by atoms with Crippen LogP contribution in [0.25, 0.3) is 0 Å². The molecule has 2 aromatic carbocycles. The Morgan fingerprint density at radius 3 is 2.65 bits per heavy atom. The third kappa shape index (κ3) is 3.05. The Labute approximate surface area is 144 Å². The molecule has 0 radical (unpaired) electrons. The first-order valence-electron chi connectivity index (χ1n) is 7.09. The van der Waals surface area contributed by atoms with Crippen LogP contribution in [0.3, 0.4) is 0 Å². The highest BCUT2D eigenvalue weighted by molar-refractivity contribution is 6.42. The summed E-state index contributed by atoms with van der Waals surface area (Å²) in [5.74, 6) is -0.848. The summed E-state index contributed by atoms with van der Waals surface area (Å²) in [4.78, 5) is 26.3. The van der Waals surface area contributed by atoms with Crippen LogP contribution in [0.5, 0.6) is 0 Å². The van der Waals surface area contributed by atoms with Gasteiger partial charge in [0.15, 0.2) is 0 Å². The van der Waals surface area contributed by atoms with Crippen LogP contribution in [-0.4, -0.2) is 18.9 Å². The van der Waals surface area contributed by atoms with E-state index in [1.165, 1.54) is 0 Å². The van der Waals surface area contributed by atoms with Crippen molar-refractivity contribution in [1.82, 2.24) is 0 Å². The summed E-state index contributed by atoms with van der Waals surface area (Å²) < 4.78 is 0. The average Bonchev–Trinajstić information content (AvgIpc) is 2.54. The highest BCUT2D eigenvalue weighted by Gasteiger charge is 2.33. The molecule has 1 aliphatic rings. The van der Waals surface area contributed by atoms with Gasteiger partial charge in [-0.05, 0) is 29.8 Å². The smallest absolute Gasteiger partial charge is 0.232 e. The summed E-state index contributed by atoms with van der Waals surface area (Å²) in [5.41, 5.74) is 2.15. The maximum Gasteiger partial charge on any atom is 0.232 e. The zero-order valence-corrected chi connectivity index (χ0v) is 13.9. The molecule has 1 aliphatic heterocycles. The molecule has 3 rings (SSSR count). The number of rotatable bonds is 2. The number of para-hydroxylation sites is 1. The molecule has 0 aliphatic carbocycles. The Kier molecular flexibility index (Phi) is 4.28. The minimum atomic E-state index is -0.524. The van der Waals surface area contributed by atoms with Crippen LogP contribution in [0, 0.1) is 0 Å². The summed E-state index contributed by atoms with van der Waals surface area (Å²) in [6, 6.07) is 12.3. The molecule has 23 heavy (non-hydrogen) atoms. The van der Waals surface area contributed by atoms with Gasteiger partial charge in [-0.15, -0.1) is 0 Å². The molecule has 0 aromatic heterocycles. The van der Waals surface area contributed by atoms with Gasteiger partial charge in [-0.25, -0.2) is 0 Å². The second-order valence-electron chi connectivity index (χ2n) is 5.39. The number of fused-ring (bicyclic) bond motifs is 1. The Bertz CT molecular complexity index is 792. The zero-order chi connectivity index (χ0) is 16.6. The second kappa shape index (κ2) is 6.22. The van der Waals surface area contributed by atoms with E-state index in [1.807, 2.05) is 24.3 Å². The highest BCUT2D eigenvalue weighted by atomic mass is 35.5. The molecule has 4 nitrogen and oxygen atoms in total. The van der Waals surface area contributed by atoms with Crippen molar-refractivity contribution >= 4 is 46.4 Å². The quantitative estimate of drug-likeness (QED) is 0.888. The fourth-order valence-corrected chi connectivity index (χ4v) is 2.98. The van der Waals surface area contributed by atoms with Crippen LogP contribution in [-0.2, 0) is 9.59 Å². The van der Waals surface area contributed by atoms with Gasteiger partial charge in [0.05, 0.1) is 16.0 Å². The molecule has 1 unspecified atom stereocenters. The molecule has 2 aromatic rings. The van der Waals surface area contributed by atoms with E-state index in [2.05, 4.69) is 5.32 Å². The van der Waals surface area contributed by atoms with Gasteiger partial charge in [-0.3, -0.25) is 9.59 Å². The SMILES string of the molecule is CN1C(=O)CC(C(=O)Nc2ccc(Cl)c(Cl)c2)c2ccccc21. The van der Waals surface area contributed by atoms with Crippen LogP contribution in [0.4, 0.5) is 11.4 Å². The maximum atomic E-state index is 12.6. The molecule has 0 saturated heterocycles. The fourth-order valence-electron chi connectivity index (χ4n) is 2.68. The van der Waals surface area contributed by atoms with Crippen molar-refractivity contribution in [2.45, 2.75) is 12.3 Å². The Balaban J connectivity index is 1.89. The predicted molar refractivity (Wildman–Crippen MR) is 92.3 cm³/mol. The predicted octanol–water partition coefficient (Wildman–Crippen LogP) is 4.08. The van der Waals surface area contributed by atoms with Crippen molar-refractivity contribution in [3.63, 3.8) is 0 Å². The summed E-state index contributed by atoms with van der Waals surface area (Å²) >= 11 is 11.8. The fraction of sp³-hybridized carbons (Fsp3) is 0.176. The van der Waals surface area contributed by atoms with Crippen molar-refractivity contribution in [2.24, 2.45) is 0 Å². The maximum absolute atomic E-state index is 12.6. The first-order chi connectivity index (χ1) is 11.0. The van der Waals surface area contributed by atoms with Gasteiger partial charge >= 0.3 is 0 Å². The molecular weight excluding hydrogens is 335 g/mol. The molecule has 1 heterocycles. The summed E-state index contributed by atoms with van der Waals surface area (Å²) in [6.45, 7) is 0. The Morgan fingerprint density at radius 2 is 1.91 bits per heavy atom. The van der Waals surface area contributed by atoms with E-state index >= 15 is 0 Å². The van der Waals surface area contributed by atoms with Gasteiger partial charge in [0, 0.05) is 24.8 Å². The normalized spacial score (nSPS) is 16.9. The first kappa shape index (κ1) is 15.8. The van der Waals surface area contributed by atoms with Gasteiger partial charge in [0.25, 0.3) is 0 Å². The number of hydrogen-bond donors (Lipinski definition) is 1. The molecule has 0 spiro atoms. The van der Waals surface area contributed by atoms with Gasteiger partial charge < -0.3 is 10.2 Å². The van der Waals surface area contributed by atoms with E-state index in [0.717, 1.165) is 11.3 Å². The summed E-state index contributed by atoms with van der Waals surface area (Å²) in [6.07, 6.45) is 0.140. The van der Waals surface area contributed by atoms with Gasteiger partial charge in [0.2, 0.25) is 11.8 Å². The third-order valence-corrected chi connectivity index (χ3v) is 4.67. The first-order valence-corrected chi connectivity index (χ1v) is 7.84. The number of halogens is 2. The van der Waals surface area contributed by atoms with Crippen molar-refractivity contribution in [2.75, 3.05) is 17.3 Å². The molecule has 1 atom stereocenters. The number of nitrogens with zero attached hydrogens (tertiary/aromatic N) is 1. The lowest BCUT2D eigenvalue weighted by molar-refractivity contribution is -0.124. The van der Waals surface area contributed by atoms with Crippen molar-refractivity contribution in [3.05, 3.63) is 58.1 Å². The van der Waals surface area contributed by atoms with Crippen LogP contribution < -0.4 is 10.2 Å². The van der Waals surface area contributed by atoms with E-state index in [9.17, 15) is 9.59 Å². The topological polar surface area (TPSA) is 49.4 Å². The van der Waals surface area contributed by atoms with Gasteiger partial charge in [-0.1, -0.05) is 41.4 Å². The minimum Gasteiger partial charge on any atom is -0.325 e. The van der Waals surface area contributed by atoms with Crippen LogP contribution in [0.1, 0.15) is 17.9 Å². The molecule has 2 amide bonds. The summed E-state index contributed by atoms with van der Waals surface area (Å²) in [7, 11) is 1.72. The lowest BCUT2D eigenvalue weighted by atomic mass is 9.89. The number of carbonyl (C=O) groups is 2. The van der Waals surface area contributed by atoms with E-state index in [1.54, 1.807) is 30.1 Å². The van der Waals surface area contributed by atoms with Crippen molar-refractivity contribution in [1.29, 1.82) is 0 Å². The van der Waals surface area contributed by atoms with E-state index in [4.69, 9.17) is 23.2 Å². The molecule has 0 bridgehead atoms. The third-order valence-electron chi connectivity index (χ3n) is 3.93. The molecule has 1 N–H and O–H groups in total. The molecule has 0 saturated carbocycles. The Morgan fingerprint density at radius 1 is 1.17 bits per heavy atom. The van der Waals surface area contributed by atoms with E-state index in [-0.39, 0.29) is 18.2 Å². The molecule has 6 heteroatoms. The largest absolute Gasteiger partial charge is 0.325 e. The molecule has 0 fully saturated rings. The Hall–Kier alpha value is -2.04. The lowest BCUT2D eigenvalue weighted by Crippen LogP contribution is -2.37. The number of hydrogen-bond acceptors (Lipinski definition) is 2. The van der Waals surface area contributed by atoms with E-state index in [0.29, 0.717) is 15.7 Å². The number of nitrogens with one attached hydrogen (secondary N) is 1. The highest BCUT2D eigenvalue weighted by Crippen LogP contribution is 2.36. The van der Waals surface area contributed by atoms with Crippen LogP contribution in [0.15, 0.2) is 42.5 Å². The second-order valence-corrected chi connectivity index (χ2v) is 6.20. The van der Waals surface area contributed by atoms with Gasteiger partial charge in [-0.2, -0.15) is 0 Å². The lowest BCUT2D eigenvalue weighted by Gasteiger charge is -2.30. The van der Waals surface area contributed by atoms with Crippen molar-refractivity contribution in [3.8, 4) is 0 Å². The monoisotopic (exact) mass is 348 g/mol.